The molecule has 2 aliphatic rings. The summed E-state index contributed by atoms with van der Waals surface area (Å²) in [6.07, 6.45) is 14.0. The molecule has 6 heteroatoms. The highest BCUT2D eigenvalue weighted by Gasteiger charge is 2.36. The Hall–Kier alpha value is -2.11. The summed E-state index contributed by atoms with van der Waals surface area (Å²) in [5.74, 6) is 2.04. The van der Waals surface area contributed by atoms with Gasteiger partial charge in [-0.25, -0.2) is 0 Å². The summed E-state index contributed by atoms with van der Waals surface area (Å²) in [6.45, 7) is 3.11. The fourth-order valence-corrected chi connectivity index (χ4v) is 4.96. The van der Waals surface area contributed by atoms with E-state index in [1.807, 2.05) is 31.4 Å². The van der Waals surface area contributed by atoms with Crippen LogP contribution in [0.5, 0.6) is 0 Å². The van der Waals surface area contributed by atoms with E-state index in [0.29, 0.717) is 5.41 Å². The van der Waals surface area contributed by atoms with E-state index in [1.165, 1.54) is 57.9 Å². The zero-order valence-corrected chi connectivity index (χ0v) is 16.5. The third-order valence-electron chi connectivity index (χ3n) is 6.35. The van der Waals surface area contributed by atoms with Crippen LogP contribution in [-0.2, 0) is 6.42 Å². The zero-order chi connectivity index (χ0) is 18.5. The number of guanidine groups is 1. The molecule has 1 aliphatic heterocycles. The fourth-order valence-electron chi connectivity index (χ4n) is 4.96. The summed E-state index contributed by atoms with van der Waals surface area (Å²) < 4.78 is 2.06. The third kappa shape index (κ3) is 4.09. The van der Waals surface area contributed by atoms with Crippen LogP contribution in [0.1, 0.15) is 57.2 Å². The van der Waals surface area contributed by atoms with Crippen molar-refractivity contribution in [2.75, 3.05) is 26.7 Å². The van der Waals surface area contributed by atoms with Crippen LogP contribution in [0, 0.1) is 5.41 Å². The SMILES string of the molecule is CN=C(NCCc1nnc2ccccn12)N1CCCC2(CCCCCC2)C1. The molecule has 27 heavy (non-hydrogen) atoms. The maximum absolute atomic E-state index is 4.58. The van der Waals surface area contributed by atoms with E-state index in [9.17, 15) is 0 Å². The Bertz CT molecular complexity index is 772. The number of nitrogens with one attached hydrogen (secondary N) is 1. The lowest BCUT2D eigenvalue weighted by Gasteiger charge is -2.44. The smallest absolute Gasteiger partial charge is 0.193 e. The average Bonchev–Trinajstić information content (AvgIpc) is 2.98. The largest absolute Gasteiger partial charge is 0.356 e. The Balaban J connectivity index is 1.36. The van der Waals surface area contributed by atoms with Gasteiger partial charge in [0.2, 0.25) is 0 Å². The summed E-state index contributed by atoms with van der Waals surface area (Å²) >= 11 is 0. The number of piperidine rings is 1. The number of fused-ring (bicyclic) bond motifs is 1. The van der Waals surface area contributed by atoms with E-state index in [-0.39, 0.29) is 0 Å². The lowest BCUT2D eigenvalue weighted by molar-refractivity contribution is 0.115. The molecule has 1 N–H and O–H groups in total. The Morgan fingerprint density at radius 3 is 2.74 bits per heavy atom. The van der Waals surface area contributed by atoms with Crippen LogP contribution >= 0.6 is 0 Å². The van der Waals surface area contributed by atoms with Crippen molar-refractivity contribution in [3.63, 3.8) is 0 Å². The fraction of sp³-hybridized carbons (Fsp3) is 0.667. The van der Waals surface area contributed by atoms with Gasteiger partial charge in [-0.05, 0) is 43.2 Å². The molecule has 0 bridgehead atoms. The first-order valence-electron chi connectivity index (χ1n) is 10.5. The van der Waals surface area contributed by atoms with E-state index >= 15 is 0 Å². The number of hydrogen-bond acceptors (Lipinski definition) is 3. The van der Waals surface area contributed by atoms with Crippen molar-refractivity contribution in [2.24, 2.45) is 10.4 Å². The van der Waals surface area contributed by atoms with Gasteiger partial charge in [-0.3, -0.25) is 9.39 Å². The third-order valence-corrected chi connectivity index (χ3v) is 6.35. The highest BCUT2D eigenvalue weighted by atomic mass is 15.3. The predicted octanol–water partition coefficient (Wildman–Crippen LogP) is 3.28. The molecular formula is C21H32N6. The molecule has 0 unspecified atom stereocenters. The second-order valence-corrected chi connectivity index (χ2v) is 8.21. The Kier molecular flexibility index (Phi) is 5.60. The predicted molar refractivity (Wildman–Crippen MR) is 109 cm³/mol. The van der Waals surface area contributed by atoms with Crippen molar-refractivity contribution in [3.05, 3.63) is 30.2 Å². The lowest BCUT2D eigenvalue weighted by Crippen LogP contribution is -2.50. The van der Waals surface area contributed by atoms with Crippen LogP contribution in [0.2, 0.25) is 0 Å². The number of aliphatic imine (C=N–C) groups is 1. The molecule has 4 rings (SSSR count). The number of aromatic nitrogens is 3. The van der Waals surface area contributed by atoms with Gasteiger partial charge in [0.25, 0.3) is 0 Å². The number of pyridine rings is 1. The molecule has 2 aromatic rings. The molecule has 146 valence electrons. The first kappa shape index (κ1) is 18.3. The van der Waals surface area contributed by atoms with Gasteiger partial charge in [0.1, 0.15) is 5.82 Å². The van der Waals surface area contributed by atoms with Crippen LogP contribution in [-0.4, -0.2) is 52.1 Å². The van der Waals surface area contributed by atoms with Crippen molar-refractivity contribution < 1.29 is 0 Å². The summed E-state index contributed by atoms with van der Waals surface area (Å²) in [7, 11) is 1.91. The Labute approximate surface area is 162 Å². The Morgan fingerprint density at radius 1 is 1.11 bits per heavy atom. The van der Waals surface area contributed by atoms with Gasteiger partial charge in [0, 0.05) is 39.3 Å². The van der Waals surface area contributed by atoms with E-state index < -0.39 is 0 Å². The quantitative estimate of drug-likeness (QED) is 0.667. The monoisotopic (exact) mass is 368 g/mol. The average molecular weight is 369 g/mol. The topological polar surface area (TPSA) is 57.8 Å². The van der Waals surface area contributed by atoms with E-state index in [1.54, 1.807) is 0 Å². The molecule has 1 aliphatic carbocycles. The van der Waals surface area contributed by atoms with Crippen molar-refractivity contribution >= 4 is 11.6 Å². The second-order valence-electron chi connectivity index (χ2n) is 8.21. The van der Waals surface area contributed by atoms with Crippen LogP contribution in [0.15, 0.2) is 29.4 Å². The number of hydrogen-bond donors (Lipinski definition) is 1. The maximum atomic E-state index is 4.58. The second kappa shape index (κ2) is 8.28. The minimum Gasteiger partial charge on any atom is -0.356 e. The van der Waals surface area contributed by atoms with E-state index in [4.69, 9.17) is 0 Å². The molecule has 1 spiro atoms. The zero-order valence-electron chi connectivity index (χ0n) is 16.5. The maximum Gasteiger partial charge on any atom is 0.193 e. The molecule has 1 saturated heterocycles. The number of rotatable bonds is 3. The van der Waals surface area contributed by atoms with Crippen LogP contribution in [0.3, 0.4) is 0 Å². The number of nitrogens with zero attached hydrogens (tertiary/aromatic N) is 5. The van der Waals surface area contributed by atoms with Crippen LogP contribution in [0.25, 0.3) is 5.65 Å². The van der Waals surface area contributed by atoms with Gasteiger partial charge < -0.3 is 10.2 Å². The minimum atomic E-state index is 0.523. The molecule has 0 amide bonds. The molecule has 2 fully saturated rings. The van der Waals surface area contributed by atoms with E-state index in [0.717, 1.165) is 36.9 Å². The summed E-state index contributed by atoms with van der Waals surface area (Å²) in [5, 5.41) is 12.1. The molecule has 0 atom stereocenters. The molecule has 2 aromatic heterocycles. The molecule has 1 saturated carbocycles. The minimum absolute atomic E-state index is 0.523. The number of likely N-dealkylation sites (tertiary alicyclic amines) is 1. The van der Waals surface area contributed by atoms with Gasteiger partial charge in [-0.15, -0.1) is 10.2 Å². The van der Waals surface area contributed by atoms with Gasteiger partial charge in [0.05, 0.1) is 0 Å². The summed E-state index contributed by atoms with van der Waals surface area (Å²) in [5.41, 5.74) is 1.43. The van der Waals surface area contributed by atoms with Gasteiger partial charge in [-0.1, -0.05) is 31.7 Å². The molecule has 6 nitrogen and oxygen atoms in total. The van der Waals surface area contributed by atoms with E-state index in [2.05, 4.69) is 29.8 Å². The van der Waals surface area contributed by atoms with Crippen molar-refractivity contribution in [1.29, 1.82) is 0 Å². The van der Waals surface area contributed by atoms with Crippen molar-refractivity contribution in [2.45, 2.75) is 57.8 Å². The van der Waals surface area contributed by atoms with Crippen LogP contribution in [0.4, 0.5) is 0 Å². The highest BCUT2D eigenvalue weighted by molar-refractivity contribution is 5.80. The first-order valence-corrected chi connectivity index (χ1v) is 10.5. The van der Waals surface area contributed by atoms with Gasteiger partial charge in [0.15, 0.2) is 11.6 Å². The summed E-state index contributed by atoms with van der Waals surface area (Å²) in [4.78, 5) is 7.08. The molecule has 3 heterocycles. The lowest BCUT2D eigenvalue weighted by atomic mass is 9.74. The van der Waals surface area contributed by atoms with Crippen molar-refractivity contribution in [1.82, 2.24) is 24.8 Å². The standard InChI is InChI=1S/C21H32N6/c1-22-20(23-14-10-19-25-24-18-9-4-7-16-27(18)19)26-15-8-13-21(17-26)11-5-2-3-6-12-21/h4,7,9,16H,2-3,5-6,8,10-15,17H2,1H3,(H,22,23). The summed E-state index contributed by atoms with van der Waals surface area (Å²) in [6, 6.07) is 6.00. The van der Waals surface area contributed by atoms with Crippen LogP contribution < -0.4 is 5.32 Å². The Morgan fingerprint density at radius 2 is 1.93 bits per heavy atom. The highest BCUT2D eigenvalue weighted by Crippen LogP contribution is 2.42. The molecular weight excluding hydrogens is 336 g/mol. The normalized spacial score (nSPS) is 20.8. The first-order chi connectivity index (χ1) is 13.3. The van der Waals surface area contributed by atoms with Gasteiger partial charge >= 0.3 is 0 Å². The molecule has 0 radical (unpaired) electrons. The van der Waals surface area contributed by atoms with Gasteiger partial charge in [-0.2, -0.15) is 0 Å². The molecule has 0 aromatic carbocycles. The van der Waals surface area contributed by atoms with Crippen molar-refractivity contribution in [3.8, 4) is 0 Å².